The zero-order valence-electron chi connectivity index (χ0n) is 59.3. The molecule has 0 bridgehead atoms. The average molecular weight is 1570 g/mol. The predicted molar refractivity (Wildman–Crippen MR) is 395 cm³/mol. The number of aromatic nitrogens is 4. The van der Waals surface area contributed by atoms with E-state index in [1.54, 1.807) is 109 Å². The molecule has 2 aliphatic rings. The molecule has 0 amide bonds. The summed E-state index contributed by atoms with van der Waals surface area (Å²) in [7, 11) is -7.89. The number of nitrogens with zero attached hydrogens (tertiary/aromatic N) is 10. The van der Waals surface area contributed by atoms with E-state index in [2.05, 4.69) is 10.6 Å². The van der Waals surface area contributed by atoms with Crippen molar-refractivity contribution in [3.05, 3.63) is 275 Å². The fraction of sp³-hybridized carbons (Fsp3) is 0.397. The zero-order valence-corrected chi connectivity index (χ0v) is 61.1. The molecule has 2 aromatic heterocycles. The molecule has 0 unspecified atom stereocenters. The molecule has 109 heavy (non-hydrogen) atoms. The molecule has 4 N–H and O–H groups in total. The zero-order chi connectivity index (χ0) is 78.4. The topological polar surface area (TPSA) is 304 Å². The molecule has 2 saturated heterocycles. The molecular weight excluding hydrogens is 1480 g/mol. The highest BCUT2D eigenvalue weighted by atomic mass is 31.2. The molecule has 4 heterocycles. The van der Waals surface area contributed by atoms with Crippen LogP contribution in [0.1, 0.15) is 89.3 Å². The smallest absolute Gasteiger partial charge is 0.363 e. The van der Waals surface area contributed by atoms with Crippen molar-refractivity contribution in [1.29, 1.82) is 0 Å². The summed E-state index contributed by atoms with van der Waals surface area (Å²) in [4.78, 5) is 105. The minimum atomic E-state index is -4.94. The lowest BCUT2D eigenvalue weighted by molar-refractivity contribution is -0.385. The number of hydrogen-bond acceptors (Lipinski definition) is 18. The first-order valence-electron chi connectivity index (χ1n) is 34.5. The monoisotopic (exact) mass is 1570 g/mol. The first-order chi connectivity index (χ1) is 51.2. The van der Waals surface area contributed by atoms with Gasteiger partial charge >= 0.3 is 38.9 Å². The fourth-order valence-corrected chi connectivity index (χ4v) is 15.2. The van der Waals surface area contributed by atoms with Gasteiger partial charge in [0, 0.05) is 125 Å². The number of rotatable bonds is 30. The molecule has 10 rings (SSSR count). The second-order valence-electron chi connectivity index (χ2n) is 25.7. The normalized spacial score (nSPS) is 14.6. The minimum absolute atomic E-state index is 0. The second kappa shape index (κ2) is 37.4. The van der Waals surface area contributed by atoms with Gasteiger partial charge in [0.2, 0.25) is 0 Å². The third-order valence-corrected chi connectivity index (χ3v) is 21.5. The summed E-state index contributed by atoms with van der Waals surface area (Å²) in [5.74, 6) is -2.34. The molecule has 36 heteroatoms. The summed E-state index contributed by atoms with van der Waals surface area (Å²) in [6.45, 7) is 7.62. The summed E-state index contributed by atoms with van der Waals surface area (Å²) < 4.78 is 154. The maximum Gasteiger partial charge on any atom is 0.416 e. The van der Waals surface area contributed by atoms with Gasteiger partial charge in [0.05, 0.1) is 84.8 Å². The lowest BCUT2D eigenvalue weighted by Gasteiger charge is -2.37. The maximum absolute atomic E-state index is 15.2. The van der Waals surface area contributed by atoms with Crippen molar-refractivity contribution < 1.29 is 72.9 Å². The predicted octanol–water partition coefficient (Wildman–Crippen LogP) is 11.3. The molecule has 2 aliphatic heterocycles. The second-order valence-corrected chi connectivity index (χ2v) is 29.7. The minimum Gasteiger partial charge on any atom is -0.363 e. The molecular formula is C73H86F8N12O14P2. The molecule has 0 spiro atoms. The highest BCUT2D eigenvalue weighted by Crippen LogP contribution is 2.47. The first-order valence-corrected chi connectivity index (χ1v) is 38.0. The molecule has 2 atom stereocenters. The van der Waals surface area contributed by atoms with Crippen LogP contribution in [0.4, 0.5) is 57.9 Å². The standard InChI is InChI=1S/C38H45F4N6O7P.C34H37F4N6O7P.CH4/c1-4-54-56(53,55-5-2)22-17-43-34(29-12-7-6-8-13-29)26-47-36(49)35(45-20-18-44(19-21-45)24-28-11-9-14-30(23-28)48(51)52)27(3)46(37(47)50)25-31-32(38(40,41)42)15-10-16-33(31)39;1-23-31(41-16-14-40(15-17-41)20-24-7-5-10-26(19-24)44(47)48)32(45)43(22-30(25-8-3-2-4-9-25)39-13-18-52(49,50)51)33(46)42(23)21-27-28(34(36,37)38)11-6-12-29(27)35;/h6-16,23,34,43H,4-5,17-22,24-26H2,1-3H3;2-12,19,30,39H,13-18,20-22H2,1H3,(H2,49,50,51);1H4/t34-;30-;/m00./s1. The van der Waals surface area contributed by atoms with Crippen molar-refractivity contribution in [2.75, 3.05) is 101 Å². The van der Waals surface area contributed by atoms with E-state index in [1.165, 1.54) is 38.1 Å². The number of non-ortho nitro benzene ring substituents is 2. The van der Waals surface area contributed by atoms with Crippen molar-refractivity contribution >= 4 is 37.9 Å². The highest BCUT2D eigenvalue weighted by molar-refractivity contribution is 7.53. The quantitative estimate of drug-likeness (QED) is 0.0141. The molecule has 0 radical (unpaired) electrons. The molecule has 0 aliphatic carbocycles. The van der Waals surface area contributed by atoms with Gasteiger partial charge in [0.15, 0.2) is 0 Å². The summed E-state index contributed by atoms with van der Waals surface area (Å²) in [6.07, 6.45) is -10.4. The molecule has 26 nitrogen and oxygen atoms in total. The highest BCUT2D eigenvalue weighted by Gasteiger charge is 2.38. The van der Waals surface area contributed by atoms with Gasteiger partial charge in [0.1, 0.15) is 23.0 Å². The maximum atomic E-state index is 15.2. The van der Waals surface area contributed by atoms with Crippen LogP contribution in [0, 0.1) is 45.7 Å². The van der Waals surface area contributed by atoms with Gasteiger partial charge in [-0.15, -0.1) is 0 Å². The van der Waals surface area contributed by atoms with Gasteiger partial charge in [-0.25, -0.2) is 18.4 Å². The van der Waals surface area contributed by atoms with Crippen LogP contribution in [0.3, 0.4) is 0 Å². The molecule has 8 aromatic rings. The van der Waals surface area contributed by atoms with Crippen LogP contribution in [-0.4, -0.2) is 139 Å². The Hall–Kier alpha value is -9.34. The number of halogens is 8. The Morgan fingerprint density at radius 3 is 1.20 bits per heavy atom. The number of nitrogens with one attached hydrogen (secondary N) is 2. The Bertz CT molecular complexity index is 4830. The lowest BCUT2D eigenvalue weighted by Crippen LogP contribution is -2.51. The summed E-state index contributed by atoms with van der Waals surface area (Å²) in [5, 5.41) is 28.8. The van der Waals surface area contributed by atoms with Gasteiger partial charge < -0.3 is 39.3 Å². The van der Waals surface area contributed by atoms with Crippen LogP contribution in [0.5, 0.6) is 0 Å². The van der Waals surface area contributed by atoms with Crippen molar-refractivity contribution in [2.45, 2.75) is 98.8 Å². The number of benzene rings is 6. The van der Waals surface area contributed by atoms with Crippen molar-refractivity contribution in [2.24, 2.45) is 0 Å². The molecule has 588 valence electrons. The van der Waals surface area contributed by atoms with Gasteiger partial charge in [-0.1, -0.05) is 104 Å². The van der Waals surface area contributed by atoms with E-state index in [4.69, 9.17) is 9.05 Å². The molecule has 0 saturated carbocycles. The van der Waals surface area contributed by atoms with Crippen molar-refractivity contribution in [3.8, 4) is 0 Å². The fourth-order valence-electron chi connectivity index (χ4n) is 13.2. The van der Waals surface area contributed by atoms with Gasteiger partial charge in [0.25, 0.3) is 22.5 Å². The van der Waals surface area contributed by atoms with E-state index in [-0.39, 0.29) is 113 Å². The van der Waals surface area contributed by atoms with Gasteiger partial charge in [-0.2, -0.15) is 26.3 Å². The average Bonchev–Trinajstić information content (AvgIpc) is 0.761. The Labute approximate surface area is 621 Å². The number of piperazine rings is 2. The third-order valence-electron chi connectivity index (χ3n) is 18.6. The van der Waals surface area contributed by atoms with E-state index in [1.807, 2.05) is 9.80 Å². The molecule has 6 aromatic carbocycles. The van der Waals surface area contributed by atoms with E-state index < -0.39 is 125 Å². The van der Waals surface area contributed by atoms with Crippen LogP contribution in [-0.2, 0) is 69.8 Å². The van der Waals surface area contributed by atoms with Crippen LogP contribution in [0.25, 0.3) is 0 Å². The van der Waals surface area contributed by atoms with E-state index in [0.717, 1.165) is 54.2 Å². The third kappa shape index (κ3) is 22.0. The number of anilines is 2. The van der Waals surface area contributed by atoms with Crippen molar-refractivity contribution in [1.82, 2.24) is 38.7 Å². The Balaban J connectivity index is 0.000000273. The Kier molecular flexibility index (Phi) is 29.2. The largest absolute Gasteiger partial charge is 0.416 e. The SMILES string of the molecule is C.CCOP(=O)(CCN[C@@H](Cn1c(=O)c(N2CCN(Cc3cccc([N+](=O)[O-])c3)CC2)c(C)n(Cc2c(F)cccc2C(F)(F)F)c1=O)c1ccccc1)OCC.Cc1c(N2CCN(Cc3cccc([N+](=O)[O-])c3)CC2)c(=O)n(C[C@H](NCCP(=O)(O)O)c2ccccc2)c(=O)n1Cc1c(F)cccc1C(F)(F)F. The van der Waals surface area contributed by atoms with Crippen LogP contribution < -0.4 is 42.9 Å². The summed E-state index contributed by atoms with van der Waals surface area (Å²) >= 11 is 0. The number of hydrogen-bond donors (Lipinski definition) is 4. The van der Waals surface area contributed by atoms with Crippen LogP contribution >= 0.6 is 15.2 Å². The number of alkyl halides is 6. The lowest BCUT2D eigenvalue weighted by atomic mass is 10.1. The summed E-state index contributed by atoms with van der Waals surface area (Å²) in [6, 6.07) is 33.3. The molecule has 2 fully saturated rings. The van der Waals surface area contributed by atoms with E-state index in [0.29, 0.717) is 62.0 Å². The Morgan fingerprint density at radius 1 is 0.505 bits per heavy atom. The first kappa shape index (κ1) is 85.3. The van der Waals surface area contributed by atoms with Crippen LogP contribution in [0.15, 0.2) is 165 Å². The van der Waals surface area contributed by atoms with Crippen molar-refractivity contribution in [3.63, 3.8) is 0 Å². The van der Waals surface area contributed by atoms with E-state index >= 15 is 8.78 Å². The van der Waals surface area contributed by atoms with Gasteiger partial charge in [-0.3, -0.25) is 67.0 Å². The summed E-state index contributed by atoms with van der Waals surface area (Å²) in [5.41, 5.74) is -4.62. The Morgan fingerprint density at radius 2 is 0.862 bits per heavy atom. The van der Waals surface area contributed by atoms with Gasteiger partial charge in [-0.05, 0) is 74.2 Å². The van der Waals surface area contributed by atoms with Crippen LogP contribution in [0.2, 0.25) is 0 Å². The number of nitro groups is 2. The number of nitro benzene ring substituents is 2. The van der Waals surface area contributed by atoms with E-state index in [9.17, 15) is 84.7 Å².